The van der Waals surface area contributed by atoms with E-state index >= 15 is 0 Å². The van der Waals surface area contributed by atoms with Crippen LogP contribution in [0.1, 0.15) is 32.6 Å². The minimum atomic E-state index is -0.543. The molecular weight excluding hydrogens is 190 g/mol. The van der Waals surface area contributed by atoms with Crippen LogP contribution in [0, 0.1) is 18.3 Å². The molecule has 0 spiro atoms. The Kier molecular flexibility index (Phi) is 4.16. The fraction of sp³-hybridized carbons (Fsp3) is 0.750. The summed E-state index contributed by atoms with van der Waals surface area (Å²) in [7, 11) is 1.43. The Morgan fingerprint density at radius 3 is 3.00 bits per heavy atom. The average Bonchev–Trinajstić information content (AvgIpc) is 2.25. The van der Waals surface area contributed by atoms with Gasteiger partial charge in [0.15, 0.2) is 0 Å². The summed E-state index contributed by atoms with van der Waals surface area (Å²) < 4.78 is 4.87. The van der Waals surface area contributed by atoms with E-state index in [1.165, 1.54) is 13.5 Å². The molecule has 1 aliphatic carbocycles. The largest absolute Gasteiger partial charge is 0.468 e. The quantitative estimate of drug-likeness (QED) is 0.563. The predicted molar refractivity (Wildman–Crippen MR) is 59.2 cm³/mol. The Balaban J connectivity index is 2.75. The first-order valence-electron chi connectivity index (χ1n) is 5.41. The molecule has 3 nitrogen and oxygen atoms in total. The summed E-state index contributed by atoms with van der Waals surface area (Å²) in [6.45, 7) is 2.58. The predicted octanol–water partition coefficient (Wildman–Crippen LogP) is 1.33. The Hall–Kier alpha value is -1.01. The number of ether oxygens (including phenoxy) is 1. The highest BCUT2D eigenvalue weighted by molar-refractivity contribution is 5.81. The molecule has 0 amide bonds. The lowest BCUT2D eigenvalue weighted by Crippen LogP contribution is -2.55. The number of rotatable bonds is 3. The molecule has 1 aliphatic rings. The fourth-order valence-corrected chi connectivity index (χ4v) is 2.39. The van der Waals surface area contributed by atoms with Crippen LogP contribution >= 0.6 is 0 Å². The Labute approximate surface area is 91.6 Å². The molecule has 1 fully saturated rings. The second-order valence-electron chi connectivity index (χ2n) is 4.33. The fourth-order valence-electron chi connectivity index (χ4n) is 2.39. The topological polar surface area (TPSA) is 38.3 Å². The molecule has 0 aromatic rings. The van der Waals surface area contributed by atoms with Crippen LogP contribution in [0.25, 0.3) is 0 Å². The molecule has 2 unspecified atom stereocenters. The van der Waals surface area contributed by atoms with Gasteiger partial charge in [-0.3, -0.25) is 10.1 Å². The maximum absolute atomic E-state index is 11.8. The van der Waals surface area contributed by atoms with Crippen molar-refractivity contribution in [3.05, 3.63) is 0 Å². The zero-order valence-corrected chi connectivity index (χ0v) is 9.51. The molecule has 0 saturated heterocycles. The molecule has 0 aliphatic heterocycles. The van der Waals surface area contributed by atoms with Gasteiger partial charge in [0.25, 0.3) is 0 Å². The number of carbonyl (C=O) groups is 1. The summed E-state index contributed by atoms with van der Waals surface area (Å²) in [6, 6.07) is 0. The third kappa shape index (κ3) is 2.73. The van der Waals surface area contributed by atoms with E-state index in [1.54, 1.807) is 0 Å². The molecule has 1 rings (SSSR count). The van der Waals surface area contributed by atoms with Crippen molar-refractivity contribution in [1.82, 2.24) is 5.32 Å². The van der Waals surface area contributed by atoms with Gasteiger partial charge < -0.3 is 4.74 Å². The van der Waals surface area contributed by atoms with Crippen LogP contribution in [0.5, 0.6) is 0 Å². The second kappa shape index (κ2) is 5.18. The van der Waals surface area contributed by atoms with E-state index in [0.717, 1.165) is 19.3 Å². The number of esters is 1. The minimum Gasteiger partial charge on any atom is -0.468 e. The van der Waals surface area contributed by atoms with Gasteiger partial charge in [-0.05, 0) is 18.8 Å². The van der Waals surface area contributed by atoms with Crippen molar-refractivity contribution in [1.29, 1.82) is 0 Å². The highest BCUT2D eigenvalue weighted by Gasteiger charge is 2.42. The molecule has 0 radical (unpaired) electrons. The van der Waals surface area contributed by atoms with E-state index in [0.29, 0.717) is 12.5 Å². The van der Waals surface area contributed by atoms with Crippen LogP contribution in [0.15, 0.2) is 0 Å². The lowest BCUT2D eigenvalue weighted by atomic mass is 9.76. The van der Waals surface area contributed by atoms with Gasteiger partial charge in [0, 0.05) is 0 Å². The Morgan fingerprint density at radius 2 is 2.47 bits per heavy atom. The van der Waals surface area contributed by atoms with Gasteiger partial charge in [-0.15, -0.1) is 6.42 Å². The number of terminal acetylenes is 1. The number of methoxy groups -OCH3 is 1. The summed E-state index contributed by atoms with van der Waals surface area (Å²) in [5.74, 6) is 2.88. The monoisotopic (exact) mass is 209 g/mol. The number of carbonyl (C=O) groups excluding carboxylic acids is 1. The maximum atomic E-state index is 11.8. The van der Waals surface area contributed by atoms with Crippen molar-refractivity contribution < 1.29 is 9.53 Å². The van der Waals surface area contributed by atoms with Crippen molar-refractivity contribution in [3.8, 4) is 12.3 Å². The zero-order chi connectivity index (χ0) is 11.3. The molecule has 3 heteroatoms. The summed E-state index contributed by atoms with van der Waals surface area (Å²) in [4.78, 5) is 11.8. The Bertz CT molecular complexity index is 269. The van der Waals surface area contributed by atoms with Gasteiger partial charge in [-0.25, -0.2) is 0 Å². The van der Waals surface area contributed by atoms with Crippen molar-refractivity contribution in [2.45, 2.75) is 38.1 Å². The normalized spacial score (nSPS) is 30.6. The van der Waals surface area contributed by atoms with E-state index in [1.807, 2.05) is 0 Å². The van der Waals surface area contributed by atoms with Crippen LogP contribution in [-0.2, 0) is 9.53 Å². The van der Waals surface area contributed by atoms with Gasteiger partial charge in [0.1, 0.15) is 5.54 Å². The first kappa shape index (κ1) is 12.1. The zero-order valence-electron chi connectivity index (χ0n) is 9.51. The molecule has 15 heavy (non-hydrogen) atoms. The molecule has 1 saturated carbocycles. The molecule has 2 atom stereocenters. The van der Waals surface area contributed by atoms with Crippen LogP contribution in [0.3, 0.4) is 0 Å². The van der Waals surface area contributed by atoms with Gasteiger partial charge >= 0.3 is 5.97 Å². The average molecular weight is 209 g/mol. The second-order valence-corrected chi connectivity index (χ2v) is 4.33. The van der Waals surface area contributed by atoms with Gasteiger partial charge in [-0.1, -0.05) is 25.7 Å². The van der Waals surface area contributed by atoms with Crippen molar-refractivity contribution in [3.63, 3.8) is 0 Å². The van der Waals surface area contributed by atoms with Gasteiger partial charge in [-0.2, -0.15) is 0 Å². The smallest absolute Gasteiger partial charge is 0.326 e. The molecule has 1 N–H and O–H groups in total. The van der Waals surface area contributed by atoms with E-state index in [9.17, 15) is 4.79 Å². The van der Waals surface area contributed by atoms with Crippen molar-refractivity contribution >= 4 is 5.97 Å². The summed E-state index contributed by atoms with van der Waals surface area (Å²) in [5.41, 5.74) is -0.543. The third-order valence-corrected chi connectivity index (χ3v) is 3.10. The first-order chi connectivity index (χ1) is 7.14. The number of hydrogen-bond donors (Lipinski definition) is 1. The van der Waals surface area contributed by atoms with Crippen molar-refractivity contribution in [2.75, 3.05) is 13.7 Å². The molecule has 0 aromatic carbocycles. The van der Waals surface area contributed by atoms with Gasteiger partial charge in [0.05, 0.1) is 13.7 Å². The first-order valence-corrected chi connectivity index (χ1v) is 5.41. The van der Waals surface area contributed by atoms with Crippen LogP contribution in [-0.4, -0.2) is 25.2 Å². The summed E-state index contributed by atoms with van der Waals surface area (Å²) >= 11 is 0. The molecular formula is C12H19NO2. The molecule has 0 aromatic heterocycles. The van der Waals surface area contributed by atoms with Crippen LogP contribution in [0.2, 0.25) is 0 Å². The van der Waals surface area contributed by atoms with E-state index in [4.69, 9.17) is 11.2 Å². The van der Waals surface area contributed by atoms with Gasteiger partial charge in [0.2, 0.25) is 0 Å². The number of hydrogen-bond acceptors (Lipinski definition) is 3. The van der Waals surface area contributed by atoms with Crippen LogP contribution < -0.4 is 5.32 Å². The minimum absolute atomic E-state index is 0.177. The molecule has 0 heterocycles. The Morgan fingerprint density at radius 1 is 1.73 bits per heavy atom. The third-order valence-electron chi connectivity index (χ3n) is 3.10. The van der Waals surface area contributed by atoms with E-state index in [-0.39, 0.29) is 5.97 Å². The van der Waals surface area contributed by atoms with Crippen molar-refractivity contribution in [2.24, 2.45) is 5.92 Å². The SMILES string of the molecule is C#CCNC1(C(=O)OC)CCCC(C)C1. The molecule has 0 bridgehead atoms. The van der Waals surface area contributed by atoms with E-state index < -0.39 is 5.54 Å². The highest BCUT2D eigenvalue weighted by atomic mass is 16.5. The maximum Gasteiger partial charge on any atom is 0.326 e. The molecule has 84 valence electrons. The lowest BCUT2D eigenvalue weighted by Gasteiger charge is -2.37. The number of nitrogens with one attached hydrogen (secondary N) is 1. The summed E-state index contributed by atoms with van der Waals surface area (Å²) in [5, 5.41) is 3.16. The standard InChI is InChI=1S/C12H19NO2/c1-4-8-13-12(11(14)15-3)7-5-6-10(2)9-12/h1,10,13H,5-9H2,2-3H3. The van der Waals surface area contributed by atoms with E-state index in [2.05, 4.69) is 18.2 Å². The van der Waals surface area contributed by atoms with Crippen LogP contribution in [0.4, 0.5) is 0 Å². The highest BCUT2D eigenvalue weighted by Crippen LogP contribution is 2.33. The summed E-state index contributed by atoms with van der Waals surface area (Å²) in [6.07, 6.45) is 9.09. The lowest BCUT2D eigenvalue weighted by molar-refractivity contribution is -0.150.